The molecule has 5 rings (SSSR count). The number of aromatic amines is 1. The van der Waals surface area contributed by atoms with Crippen LogP contribution in [-0.4, -0.2) is 36.3 Å². The fourth-order valence-electron chi connectivity index (χ4n) is 4.40. The maximum absolute atomic E-state index is 12.9. The summed E-state index contributed by atoms with van der Waals surface area (Å²) in [6.45, 7) is 5.50. The number of aromatic nitrogens is 2. The lowest BCUT2D eigenvalue weighted by molar-refractivity contribution is 0.122. The smallest absolute Gasteiger partial charge is 0.260 e. The number of rotatable bonds is 3. The van der Waals surface area contributed by atoms with E-state index in [1.54, 1.807) is 17.4 Å². The molecule has 31 heavy (non-hydrogen) atoms. The zero-order valence-electron chi connectivity index (χ0n) is 17.5. The number of aryl methyl sites for hydroxylation is 1. The second-order valence-electron chi connectivity index (χ2n) is 8.31. The molecule has 6 nitrogen and oxygen atoms in total. The highest BCUT2D eigenvalue weighted by Gasteiger charge is 2.23. The minimum atomic E-state index is -0.143. The van der Waals surface area contributed by atoms with E-state index in [0.29, 0.717) is 22.7 Å². The summed E-state index contributed by atoms with van der Waals surface area (Å²) in [6.07, 6.45) is 4.81. The molecule has 0 bridgehead atoms. The van der Waals surface area contributed by atoms with Gasteiger partial charge in [-0.25, -0.2) is 4.98 Å². The van der Waals surface area contributed by atoms with Gasteiger partial charge in [-0.2, -0.15) is 5.26 Å². The monoisotopic (exact) mass is 432 g/mol. The van der Waals surface area contributed by atoms with Crippen molar-refractivity contribution in [2.45, 2.75) is 26.2 Å². The van der Waals surface area contributed by atoms with Crippen molar-refractivity contribution >= 4 is 38.9 Å². The number of hydrogen-bond acceptors (Lipinski definition) is 6. The number of fused-ring (bicyclic) bond motifs is 3. The number of nitrogens with zero attached hydrogens (tertiary/aromatic N) is 3. The fraction of sp³-hybridized carbons (Fsp3) is 0.375. The largest absolute Gasteiger partial charge is 0.378 e. The standard InChI is InChI=1S/C24H24N4O2S/c1-15-2-7-19-20(12-15)31-24-21(19)23(29)26-22(27-24)17(14-25)13-16-3-5-18(6-4-16)28-8-10-30-11-9-28/h3-6,13,15H,2,7-12H2,1H3,(H,26,27,29)/b17-13-. The van der Waals surface area contributed by atoms with Crippen LogP contribution in [0.3, 0.4) is 0 Å². The maximum Gasteiger partial charge on any atom is 0.260 e. The molecule has 1 N–H and O–H groups in total. The van der Waals surface area contributed by atoms with Crippen LogP contribution in [0.5, 0.6) is 0 Å². The van der Waals surface area contributed by atoms with Crippen LogP contribution >= 0.6 is 11.3 Å². The van der Waals surface area contributed by atoms with E-state index in [2.05, 4.69) is 40.0 Å². The minimum Gasteiger partial charge on any atom is -0.378 e. The molecule has 2 aliphatic rings. The molecule has 0 amide bonds. The average molecular weight is 433 g/mol. The third-order valence-electron chi connectivity index (χ3n) is 6.12. The van der Waals surface area contributed by atoms with Gasteiger partial charge in [0.25, 0.3) is 5.56 Å². The predicted molar refractivity (Wildman–Crippen MR) is 124 cm³/mol. The summed E-state index contributed by atoms with van der Waals surface area (Å²) in [5, 5.41) is 10.5. The fourth-order valence-corrected chi connectivity index (χ4v) is 5.78. The van der Waals surface area contributed by atoms with E-state index in [1.165, 1.54) is 4.88 Å². The zero-order valence-corrected chi connectivity index (χ0v) is 18.3. The van der Waals surface area contributed by atoms with Gasteiger partial charge >= 0.3 is 0 Å². The molecule has 1 unspecified atom stereocenters. The molecule has 158 valence electrons. The summed E-state index contributed by atoms with van der Waals surface area (Å²) in [5.74, 6) is 0.970. The number of benzene rings is 1. The first kappa shape index (κ1) is 20.0. The van der Waals surface area contributed by atoms with Gasteiger partial charge in [-0.3, -0.25) is 4.79 Å². The zero-order chi connectivity index (χ0) is 21.4. The van der Waals surface area contributed by atoms with Gasteiger partial charge in [-0.1, -0.05) is 19.1 Å². The van der Waals surface area contributed by atoms with E-state index in [4.69, 9.17) is 4.74 Å². The molecule has 1 atom stereocenters. The molecule has 0 radical (unpaired) electrons. The molecule has 0 saturated carbocycles. The second-order valence-corrected chi connectivity index (χ2v) is 9.39. The number of ether oxygens (including phenoxy) is 1. The third kappa shape index (κ3) is 3.89. The SMILES string of the molecule is CC1CCc2c(sc3nc(/C(C#N)=C\c4ccc(N5CCOCC5)cc4)[nH]c(=O)c23)C1. The van der Waals surface area contributed by atoms with Crippen LogP contribution in [-0.2, 0) is 17.6 Å². The lowest BCUT2D eigenvalue weighted by atomic mass is 9.89. The molecule has 1 fully saturated rings. The Morgan fingerprint density at radius 3 is 2.84 bits per heavy atom. The molecule has 1 saturated heterocycles. The first-order valence-corrected chi connectivity index (χ1v) is 11.5. The van der Waals surface area contributed by atoms with E-state index < -0.39 is 0 Å². The Bertz CT molecular complexity index is 1240. The summed E-state index contributed by atoms with van der Waals surface area (Å²) < 4.78 is 5.41. The van der Waals surface area contributed by atoms with Crippen molar-refractivity contribution in [3.05, 3.63) is 56.4 Å². The first-order chi connectivity index (χ1) is 15.1. The van der Waals surface area contributed by atoms with Gasteiger partial charge < -0.3 is 14.6 Å². The highest BCUT2D eigenvalue weighted by molar-refractivity contribution is 7.18. The lowest BCUT2D eigenvalue weighted by Gasteiger charge is -2.28. The molecule has 7 heteroatoms. The number of anilines is 1. The molecule has 1 aliphatic carbocycles. The van der Waals surface area contributed by atoms with Gasteiger partial charge in [0.2, 0.25) is 0 Å². The van der Waals surface area contributed by atoms with E-state index >= 15 is 0 Å². The second kappa shape index (κ2) is 8.29. The van der Waals surface area contributed by atoms with Crippen molar-refractivity contribution in [3.63, 3.8) is 0 Å². The van der Waals surface area contributed by atoms with Crippen LogP contribution in [0.2, 0.25) is 0 Å². The number of hydrogen-bond donors (Lipinski definition) is 1. The summed E-state index contributed by atoms with van der Waals surface area (Å²) in [4.78, 5) is 24.7. The summed E-state index contributed by atoms with van der Waals surface area (Å²) in [5.41, 5.74) is 3.41. The van der Waals surface area contributed by atoms with Crippen molar-refractivity contribution in [1.29, 1.82) is 5.26 Å². The van der Waals surface area contributed by atoms with Crippen molar-refractivity contribution in [2.75, 3.05) is 31.2 Å². The molecular formula is C24H24N4O2S. The number of thiophene rings is 1. The van der Waals surface area contributed by atoms with Crippen molar-refractivity contribution in [2.24, 2.45) is 5.92 Å². The number of H-pyrrole nitrogens is 1. The van der Waals surface area contributed by atoms with Crippen LogP contribution in [0.1, 0.15) is 35.2 Å². The van der Waals surface area contributed by atoms with Gasteiger partial charge in [0.15, 0.2) is 5.82 Å². The van der Waals surface area contributed by atoms with Crippen molar-refractivity contribution in [1.82, 2.24) is 9.97 Å². The summed E-state index contributed by atoms with van der Waals surface area (Å²) >= 11 is 1.60. The van der Waals surface area contributed by atoms with Gasteiger partial charge in [-0.15, -0.1) is 11.3 Å². The summed E-state index contributed by atoms with van der Waals surface area (Å²) in [7, 11) is 0. The molecule has 2 aromatic heterocycles. The first-order valence-electron chi connectivity index (χ1n) is 10.7. The molecule has 0 spiro atoms. The minimum absolute atomic E-state index is 0.143. The van der Waals surface area contributed by atoms with Gasteiger partial charge in [0.1, 0.15) is 10.9 Å². The average Bonchev–Trinajstić information content (AvgIpc) is 3.16. The molecule has 3 aromatic rings. The highest BCUT2D eigenvalue weighted by Crippen LogP contribution is 2.36. The Balaban J connectivity index is 1.47. The van der Waals surface area contributed by atoms with Crippen LogP contribution in [0.4, 0.5) is 5.69 Å². The molecular weight excluding hydrogens is 408 g/mol. The number of allylic oxidation sites excluding steroid dienone is 1. The molecule has 1 aliphatic heterocycles. The Kier molecular flexibility index (Phi) is 5.34. The van der Waals surface area contributed by atoms with Gasteiger partial charge in [-0.05, 0) is 54.5 Å². The third-order valence-corrected chi connectivity index (χ3v) is 7.27. The van der Waals surface area contributed by atoms with Crippen LogP contribution in [0.25, 0.3) is 21.9 Å². The quantitative estimate of drug-likeness (QED) is 0.633. The van der Waals surface area contributed by atoms with Crippen molar-refractivity contribution in [3.8, 4) is 6.07 Å². The molecule has 3 heterocycles. The van der Waals surface area contributed by atoms with Crippen LogP contribution in [0, 0.1) is 17.2 Å². The Morgan fingerprint density at radius 2 is 2.10 bits per heavy atom. The summed E-state index contributed by atoms with van der Waals surface area (Å²) in [6, 6.07) is 10.3. The van der Waals surface area contributed by atoms with Crippen LogP contribution in [0.15, 0.2) is 29.1 Å². The maximum atomic E-state index is 12.9. The van der Waals surface area contributed by atoms with E-state index in [1.807, 2.05) is 12.1 Å². The number of morpholine rings is 1. The highest BCUT2D eigenvalue weighted by atomic mass is 32.1. The van der Waals surface area contributed by atoms with Gasteiger partial charge in [0.05, 0.1) is 24.2 Å². The number of nitriles is 1. The van der Waals surface area contributed by atoms with Gasteiger partial charge in [0, 0.05) is 23.7 Å². The Labute approximate surface area is 184 Å². The normalized spacial score (nSPS) is 19.3. The van der Waals surface area contributed by atoms with E-state index in [0.717, 1.165) is 67.2 Å². The van der Waals surface area contributed by atoms with Crippen molar-refractivity contribution < 1.29 is 4.74 Å². The van der Waals surface area contributed by atoms with E-state index in [-0.39, 0.29) is 5.56 Å². The predicted octanol–water partition coefficient (Wildman–Crippen LogP) is 4.01. The topological polar surface area (TPSA) is 82.0 Å². The Morgan fingerprint density at radius 1 is 1.32 bits per heavy atom. The van der Waals surface area contributed by atoms with E-state index in [9.17, 15) is 10.1 Å². The van der Waals surface area contributed by atoms with Crippen LogP contribution < -0.4 is 10.5 Å². The lowest BCUT2D eigenvalue weighted by Crippen LogP contribution is -2.36. The molecule has 1 aromatic carbocycles. The Hall–Kier alpha value is -2.95. The number of nitrogens with one attached hydrogen (secondary N) is 1.